The van der Waals surface area contributed by atoms with E-state index in [2.05, 4.69) is 96.1 Å². The van der Waals surface area contributed by atoms with Gasteiger partial charge in [0.1, 0.15) is 6.10 Å². The minimum Gasteiger partial charge on any atom is -0.481 e. The summed E-state index contributed by atoms with van der Waals surface area (Å²) in [6, 6.07) is 0. The molecule has 7 heteroatoms. The number of carbonyl (C=O) groups excluding carboxylic acids is 3. The molecule has 0 saturated heterocycles. The number of rotatable bonds is 3. The zero-order chi connectivity index (χ0) is 48.9. The summed E-state index contributed by atoms with van der Waals surface area (Å²) in [7, 11) is 0. The van der Waals surface area contributed by atoms with E-state index in [1.54, 1.807) is 0 Å². The highest BCUT2D eigenvalue weighted by atomic mass is 16.5. The second-order valence-corrected chi connectivity index (χ2v) is 29.9. The highest BCUT2D eigenvalue weighted by Gasteiger charge is 2.73. The van der Waals surface area contributed by atoms with Crippen molar-refractivity contribution in [3.8, 4) is 0 Å². The smallest absolute Gasteiger partial charge is 0.312 e. The molecular weight excluding hydrogens is 833 g/mol. The maximum absolute atomic E-state index is 15.1. The Bertz CT molecular complexity index is 2250. The number of carboxylic acids is 1. The number of esters is 1. The summed E-state index contributed by atoms with van der Waals surface area (Å²) in [6.45, 7) is 32.6. The predicted molar refractivity (Wildman–Crippen MR) is 262 cm³/mol. The average Bonchev–Trinajstić information content (AvgIpc) is 3.23. The SMILES string of the molecule is CC1(C(=O)O[C@H]2CC[C@@]3(C)C(CC[C@]4(C)[C@@H]3C(=O)C=C3[C@H]5C[C@@](C)(C(=O)O)CC[C@]5(C)CC[C@]34C)C2(C)C)CC[C@]2(C)CC[C@]3(C)C(=CC(=O)C4[C@@]5(C)CC[C@H](O)C(C)(C)[C@@H]5CC[C@]43C)[C@H]2C1. The number of ether oxygens (including phenoxy) is 1. The highest BCUT2D eigenvalue weighted by molar-refractivity contribution is 5.96. The molecule has 0 aromatic rings. The molecule has 8 fully saturated rings. The van der Waals surface area contributed by atoms with Gasteiger partial charge in [0.2, 0.25) is 0 Å². The Morgan fingerprint density at radius 2 is 0.940 bits per heavy atom. The molecule has 0 aromatic carbocycles. The van der Waals surface area contributed by atoms with E-state index in [0.717, 1.165) is 96.3 Å². The van der Waals surface area contributed by atoms with Crippen LogP contribution in [0.5, 0.6) is 0 Å². The molecule has 0 spiro atoms. The first-order chi connectivity index (χ1) is 30.8. The van der Waals surface area contributed by atoms with Crippen LogP contribution in [-0.4, -0.2) is 45.9 Å². The molecule has 8 saturated carbocycles. The summed E-state index contributed by atoms with van der Waals surface area (Å²) in [5, 5.41) is 21.6. The number of aliphatic carboxylic acids is 1. The molecule has 0 heterocycles. The summed E-state index contributed by atoms with van der Waals surface area (Å²) < 4.78 is 6.96. The van der Waals surface area contributed by atoms with Gasteiger partial charge in [-0.2, -0.15) is 0 Å². The molecule has 0 radical (unpaired) electrons. The van der Waals surface area contributed by atoms with E-state index >= 15 is 9.59 Å². The lowest BCUT2D eigenvalue weighted by molar-refractivity contribution is -0.217. The standard InChI is InChI=1S/C60H90O7/c1-49(2)41-15-21-59(13)45(55(41,9)19-17-43(49)63)39(61)32-36-38-34-54(8,26-24-52(38,6)28-30-58(36,59)12)48(66)67-44-18-20-56(10)42(50(44,3)4)16-22-60(14)46(56)40(62)31-35-37-33-53(7,47(64)65)25-23-51(37,5)27-29-57(35,60)11/h31-32,37-38,41-46,63H,15-30,33-34H2,1-14H3,(H,64,65)/t37-,38-,41+,42?,43+,44+,45?,46-,51-,52-,53+,54?,55+,56+,57-,58-,59-,60-/m1/s1. The minimum absolute atomic E-state index is 0.0152. The van der Waals surface area contributed by atoms with E-state index < -0.39 is 16.8 Å². The zero-order valence-corrected chi connectivity index (χ0v) is 44.4. The Hall–Kier alpha value is -2.28. The Morgan fingerprint density at radius 3 is 1.42 bits per heavy atom. The fourth-order valence-electron chi connectivity index (χ4n) is 21.2. The van der Waals surface area contributed by atoms with Crippen molar-refractivity contribution in [3.63, 3.8) is 0 Å². The van der Waals surface area contributed by atoms with Crippen molar-refractivity contribution in [2.75, 3.05) is 0 Å². The lowest BCUT2D eigenvalue weighted by Crippen LogP contribution is -2.67. The van der Waals surface area contributed by atoms with Gasteiger partial charge in [-0.15, -0.1) is 0 Å². The molecule has 0 aliphatic heterocycles. The first-order valence-electron chi connectivity index (χ1n) is 27.4. The zero-order valence-electron chi connectivity index (χ0n) is 44.4. The minimum atomic E-state index is -0.774. The van der Waals surface area contributed by atoms with Crippen LogP contribution in [0.4, 0.5) is 0 Å². The van der Waals surface area contributed by atoms with Crippen molar-refractivity contribution in [2.24, 2.45) is 100 Å². The summed E-state index contributed by atoms with van der Waals surface area (Å²) in [5.41, 5.74) is -0.594. The third kappa shape index (κ3) is 5.97. The van der Waals surface area contributed by atoms with Gasteiger partial charge in [0.15, 0.2) is 11.6 Å². The Kier molecular flexibility index (Phi) is 10.3. The van der Waals surface area contributed by atoms with Crippen LogP contribution in [0.25, 0.3) is 0 Å². The number of carbonyl (C=O) groups is 4. The van der Waals surface area contributed by atoms with E-state index in [-0.39, 0.29) is 108 Å². The Labute approximate surface area is 404 Å². The van der Waals surface area contributed by atoms with Crippen LogP contribution in [-0.2, 0) is 23.9 Å². The molecule has 372 valence electrons. The highest BCUT2D eigenvalue weighted by Crippen LogP contribution is 2.77. The second kappa shape index (κ2) is 14.2. The van der Waals surface area contributed by atoms with Gasteiger partial charge in [-0.05, 0) is 214 Å². The van der Waals surface area contributed by atoms with Crippen LogP contribution in [0.2, 0.25) is 0 Å². The fraction of sp³-hybridized carbons (Fsp3) is 0.867. The molecule has 0 amide bonds. The van der Waals surface area contributed by atoms with Crippen LogP contribution in [0.1, 0.15) is 213 Å². The molecule has 18 atom stereocenters. The molecule has 0 aromatic heterocycles. The van der Waals surface area contributed by atoms with Crippen LogP contribution in [0, 0.1) is 100 Å². The molecular formula is C60H90O7. The first-order valence-corrected chi connectivity index (χ1v) is 27.4. The lowest BCUT2D eigenvalue weighted by atomic mass is 9.33. The van der Waals surface area contributed by atoms with Gasteiger partial charge < -0.3 is 14.9 Å². The number of allylic oxidation sites excluding steroid dienone is 4. The molecule has 10 aliphatic carbocycles. The van der Waals surface area contributed by atoms with Crippen molar-refractivity contribution < 1.29 is 34.1 Å². The van der Waals surface area contributed by atoms with Crippen molar-refractivity contribution in [2.45, 2.75) is 225 Å². The summed E-state index contributed by atoms with van der Waals surface area (Å²) in [6.07, 6.45) is 19.6. The van der Waals surface area contributed by atoms with E-state index in [1.807, 2.05) is 13.0 Å². The molecule has 67 heavy (non-hydrogen) atoms. The third-order valence-corrected chi connectivity index (χ3v) is 26.3. The molecule has 0 bridgehead atoms. The van der Waals surface area contributed by atoms with Gasteiger partial charge >= 0.3 is 11.9 Å². The van der Waals surface area contributed by atoms with E-state index in [4.69, 9.17) is 4.74 Å². The molecule has 7 nitrogen and oxygen atoms in total. The van der Waals surface area contributed by atoms with Gasteiger partial charge in [-0.1, -0.05) is 94.2 Å². The third-order valence-electron chi connectivity index (χ3n) is 26.3. The molecule has 2 N–H and O–H groups in total. The van der Waals surface area contributed by atoms with E-state index in [0.29, 0.717) is 31.0 Å². The normalized spacial score (nSPS) is 55.0. The van der Waals surface area contributed by atoms with Crippen LogP contribution >= 0.6 is 0 Å². The topological polar surface area (TPSA) is 118 Å². The maximum atomic E-state index is 15.1. The fourth-order valence-corrected chi connectivity index (χ4v) is 21.2. The quantitative estimate of drug-likeness (QED) is 0.271. The number of carboxylic acid groups (broad SMARTS) is 1. The number of hydrogen-bond donors (Lipinski definition) is 2. The second-order valence-electron chi connectivity index (χ2n) is 29.9. The van der Waals surface area contributed by atoms with Crippen LogP contribution < -0.4 is 0 Å². The van der Waals surface area contributed by atoms with Gasteiger partial charge in [0.25, 0.3) is 0 Å². The number of fused-ring (bicyclic) bond motifs is 14. The molecule has 10 aliphatic rings. The van der Waals surface area contributed by atoms with Crippen LogP contribution in [0.3, 0.4) is 0 Å². The van der Waals surface area contributed by atoms with Crippen molar-refractivity contribution in [1.29, 1.82) is 0 Å². The lowest BCUT2D eigenvalue weighted by Gasteiger charge is -2.70. The van der Waals surface area contributed by atoms with Gasteiger partial charge in [0.05, 0.1) is 16.9 Å². The van der Waals surface area contributed by atoms with Gasteiger partial charge in [-0.25, -0.2) is 0 Å². The number of hydrogen-bond acceptors (Lipinski definition) is 6. The first kappa shape index (κ1) is 48.4. The van der Waals surface area contributed by atoms with Gasteiger partial charge in [0, 0.05) is 17.3 Å². The van der Waals surface area contributed by atoms with Crippen molar-refractivity contribution >= 4 is 23.5 Å². The van der Waals surface area contributed by atoms with Gasteiger partial charge in [-0.3, -0.25) is 19.2 Å². The summed E-state index contributed by atoms with van der Waals surface area (Å²) >= 11 is 0. The number of ketones is 2. The monoisotopic (exact) mass is 923 g/mol. The van der Waals surface area contributed by atoms with Crippen LogP contribution in [0.15, 0.2) is 23.3 Å². The summed E-state index contributed by atoms with van der Waals surface area (Å²) in [4.78, 5) is 57.8. The maximum Gasteiger partial charge on any atom is 0.312 e. The Balaban J connectivity index is 0.903. The largest absolute Gasteiger partial charge is 0.481 e. The number of aliphatic hydroxyl groups excluding tert-OH is 1. The predicted octanol–water partition coefficient (Wildman–Crippen LogP) is 13.3. The Morgan fingerprint density at radius 1 is 0.522 bits per heavy atom. The van der Waals surface area contributed by atoms with E-state index in [9.17, 15) is 19.8 Å². The molecule has 10 rings (SSSR count). The average molecular weight is 923 g/mol. The van der Waals surface area contributed by atoms with Crippen molar-refractivity contribution in [3.05, 3.63) is 23.3 Å². The van der Waals surface area contributed by atoms with Crippen molar-refractivity contribution in [1.82, 2.24) is 0 Å². The molecule has 3 unspecified atom stereocenters. The van der Waals surface area contributed by atoms with E-state index in [1.165, 1.54) is 11.1 Å². The summed E-state index contributed by atoms with van der Waals surface area (Å²) in [5.74, 6) is 0.267. The number of aliphatic hydroxyl groups is 1.